The Morgan fingerprint density at radius 2 is 0.700 bits per heavy atom. The Labute approximate surface area is 188 Å². The van der Waals surface area contributed by atoms with Gasteiger partial charge in [0.2, 0.25) is 0 Å². The van der Waals surface area contributed by atoms with Crippen molar-refractivity contribution >= 4 is 0 Å². The van der Waals surface area contributed by atoms with Gasteiger partial charge in [-0.25, -0.2) is 0 Å². The monoisotopic (exact) mass is 408 g/mol. The molecule has 0 N–H and O–H groups in total. The Kier molecular flexibility index (Phi) is 16.9. The lowest BCUT2D eigenvalue weighted by atomic mass is 10.1. The van der Waals surface area contributed by atoms with Crippen LogP contribution in [0.25, 0.3) is 0 Å². The Bertz CT molecular complexity index is 616. The van der Waals surface area contributed by atoms with Gasteiger partial charge in [0.05, 0.1) is 0 Å². The van der Waals surface area contributed by atoms with Gasteiger partial charge in [0.1, 0.15) is 0 Å². The molecule has 168 valence electrons. The lowest BCUT2D eigenvalue weighted by Gasteiger charge is -2.01. The number of allylic oxidation sites excluding steroid dienone is 14. The maximum absolute atomic E-state index is 2.40. The first-order valence-electron chi connectivity index (χ1n) is 11.8. The number of hydrogen-bond donors (Lipinski definition) is 0. The molecule has 0 atom stereocenters. The van der Waals surface area contributed by atoms with Crippen molar-refractivity contribution in [3.8, 4) is 0 Å². The fraction of sp³-hybridized carbons (Fsp3) is 0.533. The first kappa shape index (κ1) is 28.2. The van der Waals surface area contributed by atoms with E-state index in [9.17, 15) is 0 Å². The van der Waals surface area contributed by atoms with E-state index in [1.54, 1.807) is 0 Å². The van der Waals surface area contributed by atoms with E-state index in [-0.39, 0.29) is 0 Å². The van der Waals surface area contributed by atoms with Crippen molar-refractivity contribution in [3.05, 3.63) is 82.0 Å². The molecule has 0 aromatic heterocycles. The molecule has 0 fully saturated rings. The Morgan fingerprint density at radius 3 is 1.03 bits per heavy atom. The highest BCUT2D eigenvalue weighted by atomic mass is 14.0. The zero-order valence-electron chi connectivity index (χ0n) is 21.3. The lowest BCUT2D eigenvalue weighted by Crippen LogP contribution is -1.80. The van der Waals surface area contributed by atoms with Crippen molar-refractivity contribution in [3.63, 3.8) is 0 Å². The van der Waals surface area contributed by atoms with Gasteiger partial charge in [-0.15, -0.1) is 0 Å². The summed E-state index contributed by atoms with van der Waals surface area (Å²) in [5, 5.41) is 0. The van der Waals surface area contributed by atoms with Crippen molar-refractivity contribution in [1.29, 1.82) is 0 Å². The normalized spacial score (nSPS) is 13.7. The molecule has 0 aliphatic heterocycles. The van der Waals surface area contributed by atoms with Crippen molar-refractivity contribution in [2.75, 3.05) is 0 Å². The fourth-order valence-electron chi connectivity index (χ4n) is 3.08. The average Bonchev–Trinajstić information content (AvgIpc) is 2.64. The smallest absolute Gasteiger partial charge is 0.0285 e. The molecule has 0 amide bonds. The van der Waals surface area contributed by atoms with Crippen LogP contribution in [-0.4, -0.2) is 0 Å². The van der Waals surface area contributed by atoms with Gasteiger partial charge < -0.3 is 0 Å². The molecule has 0 unspecified atom stereocenters. The fourth-order valence-corrected chi connectivity index (χ4v) is 3.08. The summed E-state index contributed by atoms with van der Waals surface area (Å²) in [5.41, 5.74) is 8.74. The molecule has 0 spiro atoms. The quantitative estimate of drug-likeness (QED) is 0.198. The molecule has 0 bridgehead atoms. The van der Waals surface area contributed by atoms with Crippen LogP contribution < -0.4 is 0 Å². The van der Waals surface area contributed by atoms with Gasteiger partial charge in [0, 0.05) is 0 Å². The van der Waals surface area contributed by atoms with Crippen LogP contribution >= 0.6 is 0 Å². The zero-order chi connectivity index (χ0) is 22.8. The van der Waals surface area contributed by atoms with Gasteiger partial charge in [-0.1, -0.05) is 82.0 Å². The van der Waals surface area contributed by atoms with Gasteiger partial charge >= 0.3 is 0 Å². The highest BCUT2D eigenvalue weighted by Crippen LogP contribution is 2.13. The molecule has 0 radical (unpaired) electrons. The third-order valence-electron chi connectivity index (χ3n) is 5.12. The maximum atomic E-state index is 2.40. The van der Waals surface area contributed by atoms with E-state index in [1.807, 2.05) is 0 Å². The van der Waals surface area contributed by atoms with E-state index in [0.29, 0.717) is 0 Å². The second-order valence-corrected chi connectivity index (χ2v) is 9.23. The van der Waals surface area contributed by atoms with E-state index >= 15 is 0 Å². The zero-order valence-corrected chi connectivity index (χ0v) is 21.3. The molecular formula is C30H48. The molecule has 0 saturated carbocycles. The minimum atomic E-state index is 1.14. The van der Waals surface area contributed by atoms with Crippen molar-refractivity contribution in [2.45, 2.75) is 107 Å². The van der Waals surface area contributed by atoms with E-state index in [0.717, 1.165) is 25.7 Å². The van der Waals surface area contributed by atoms with E-state index in [2.05, 4.69) is 104 Å². The third-order valence-corrected chi connectivity index (χ3v) is 5.12. The van der Waals surface area contributed by atoms with Crippen LogP contribution in [0.4, 0.5) is 0 Å². The van der Waals surface area contributed by atoms with Gasteiger partial charge in [-0.3, -0.25) is 0 Å². The van der Waals surface area contributed by atoms with Crippen LogP contribution in [0.3, 0.4) is 0 Å². The summed E-state index contributed by atoms with van der Waals surface area (Å²) >= 11 is 0. The molecule has 30 heavy (non-hydrogen) atoms. The van der Waals surface area contributed by atoms with Crippen LogP contribution in [0.15, 0.2) is 82.0 Å². The topological polar surface area (TPSA) is 0 Å². The maximum Gasteiger partial charge on any atom is -0.0285 e. The molecule has 0 aliphatic carbocycles. The predicted molar refractivity (Wildman–Crippen MR) is 140 cm³/mol. The molecule has 0 heteroatoms. The summed E-state index contributed by atoms with van der Waals surface area (Å²) in [6.07, 6.45) is 27.6. The van der Waals surface area contributed by atoms with Gasteiger partial charge in [-0.05, 0) is 107 Å². The lowest BCUT2D eigenvalue weighted by molar-refractivity contribution is 0.918. The summed E-state index contributed by atoms with van der Waals surface area (Å²) in [6.45, 7) is 17.7. The average molecular weight is 409 g/mol. The summed E-state index contributed by atoms with van der Waals surface area (Å²) in [7, 11) is 0. The largest absolute Gasteiger partial charge is 0.0856 e. The Morgan fingerprint density at radius 1 is 0.400 bits per heavy atom. The molecule has 0 aromatic carbocycles. The molecule has 0 saturated heterocycles. The highest BCUT2D eigenvalue weighted by Gasteiger charge is 1.92. The number of hydrogen-bond acceptors (Lipinski definition) is 0. The van der Waals surface area contributed by atoms with E-state index in [1.165, 1.54) is 59.1 Å². The molecule has 0 aromatic rings. The van der Waals surface area contributed by atoms with Crippen molar-refractivity contribution in [1.82, 2.24) is 0 Å². The van der Waals surface area contributed by atoms with Gasteiger partial charge in [0.15, 0.2) is 0 Å². The SMILES string of the molecule is CC(C)=CCCC(C)=CCCC(C)=CC=CC=C(C)CCC=C(C)CCC=C(C)C. The Balaban J connectivity index is 4.21. The molecular weight excluding hydrogens is 360 g/mol. The standard InChI is InChI=1S/C30H48/c1-25(2)15-11-19-29(7)23-13-21-27(5)17-9-10-18-28(6)22-14-24-30(8)20-12-16-26(3)4/h9-10,15-18,23-24H,11-14,19-22H2,1-8H3. The first-order chi connectivity index (χ1) is 14.2. The number of rotatable bonds is 14. The van der Waals surface area contributed by atoms with Gasteiger partial charge in [-0.2, -0.15) is 0 Å². The molecule has 0 rings (SSSR count). The molecule has 0 heterocycles. The van der Waals surface area contributed by atoms with Crippen LogP contribution in [0.5, 0.6) is 0 Å². The molecule has 0 nitrogen and oxygen atoms in total. The van der Waals surface area contributed by atoms with Crippen LogP contribution in [0.1, 0.15) is 107 Å². The van der Waals surface area contributed by atoms with Crippen molar-refractivity contribution in [2.24, 2.45) is 0 Å². The molecule has 0 aliphatic rings. The predicted octanol–water partition coefficient (Wildman–Crippen LogP) is 10.4. The van der Waals surface area contributed by atoms with Crippen molar-refractivity contribution < 1.29 is 0 Å². The second-order valence-electron chi connectivity index (χ2n) is 9.23. The minimum Gasteiger partial charge on any atom is -0.0856 e. The summed E-state index contributed by atoms with van der Waals surface area (Å²) < 4.78 is 0. The third kappa shape index (κ3) is 19.5. The van der Waals surface area contributed by atoms with Crippen LogP contribution in [-0.2, 0) is 0 Å². The minimum absolute atomic E-state index is 1.14. The summed E-state index contributed by atoms with van der Waals surface area (Å²) in [4.78, 5) is 0. The summed E-state index contributed by atoms with van der Waals surface area (Å²) in [6, 6.07) is 0. The Hall–Kier alpha value is -1.82. The summed E-state index contributed by atoms with van der Waals surface area (Å²) in [5.74, 6) is 0. The van der Waals surface area contributed by atoms with Crippen LogP contribution in [0, 0.1) is 0 Å². The van der Waals surface area contributed by atoms with Crippen LogP contribution in [0.2, 0.25) is 0 Å². The van der Waals surface area contributed by atoms with E-state index < -0.39 is 0 Å². The second kappa shape index (κ2) is 18.0. The first-order valence-corrected chi connectivity index (χ1v) is 11.8. The highest BCUT2D eigenvalue weighted by molar-refractivity contribution is 5.19. The van der Waals surface area contributed by atoms with E-state index in [4.69, 9.17) is 0 Å². The van der Waals surface area contributed by atoms with Gasteiger partial charge in [0.25, 0.3) is 0 Å².